The number of aromatic nitrogens is 1. The van der Waals surface area contributed by atoms with Crippen molar-refractivity contribution in [1.29, 1.82) is 0 Å². The van der Waals surface area contributed by atoms with E-state index >= 15 is 0 Å². The molecule has 8 heteroatoms. The fourth-order valence-corrected chi connectivity index (χ4v) is 4.48. The molecule has 1 aromatic heterocycles. The van der Waals surface area contributed by atoms with Crippen LogP contribution in [0.5, 0.6) is 0 Å². The zero-order chi connectivity index (χ0) is 18.7. The summed E-state index contributed by atoms with van der Waals surface area (Å²) in [6.45, 7) is 8.90. The molecule has 0 radical (unpaired) electrons. The number of hydrogen-bond donors (Lipinski definition) is 2. The summed E-state index contributed by atoms with van der Waals surface area (Å²) >= 11 is 1.75. The number of hydrogen-bond acceptors (Lipinski definition) is 4. The van der Waals surface area contributed by atoms with E-state index in [1.54, 1.807) is 18.4 Å². The number of piperidine rings is 1. The quantitative estimate of drug-likeness (QED) is 0.366. The number of thiazole rings is 1. The van der Waals surface area contributed by atoms with Crippen LogP contribution >= 0.6 is 35.3 Å². The summed E-state index contributed by atoms with van der Waals surface area (Å²) in [6.07, 6.45) is 4.13. The van der Waals surface area contributed by atoms with Crippen molar-refractivity contribution in [1.82, 2.24) is 20.5 Å². The van der Waals surface area contributed by atoms with E-state index in [1.807, 2.05) is 4.90 Å². The second-order valence-corrected chi connectivity index (χ2v) is 8.94. The van der Waals surface area contributed by atoms with Gasteiger partial charge in [-0.2, -0.15) is 0 Å². The van der Waals surface area contributed by atoms with Gasteiger partial charge in [0.2, 0.25) is 5.91 Å². The number of carbonyl (C=O) groups excluding carboxylic acids is 1. The Morgan fingerprint density at radius 2 is 1.96 bits per heavy atom. The Labute approximate surface area is 183 Å². The van der Waals surface area contributed by atoms with Crippen LogP contribution in [0.1, 0.15) is 61.0 Å². The third kappa shape index (κ3) is 6.04. The molecule has 1 aromatic rings. The molecule has 3 rings (SSSR count). The molecule has 2 N–H and O–H groups in total. The molecule has 27 heavy (non-hydrogen) atoms. The minimum Gasteiger partial charge on any atom is -0.354 e. The van der Waals surface area contributed by atoms with Crippen LogP contribution in [0.4, 0.5) is 0 Å². The molecule has 1 saturated carbocycles. The van der Waals surface area contributed by atoms with Gasteiger partial charge >= 0.3 is 0 Å². The largest absolute Gasteiger partial charge is 0.354 e. The maximum Gasteiger partial charge on any atom is 0.225 e. The van der Waals surface area contributed by atoms with Gasteiger partial charge in [-0.15, -0.1) is 35.3 Å². The number of rotatable bonds is 5. The summed E-state index contributed by atoms with van der Waals surface area (Å²) in [5.74, 6) is 1.97. The highest BCUT2D eigenvalue weighted by atomic mass is 127. The maximum absolute atomic E-state index is 12.1. The Balaban J connectivity index is 0.00000261. The van der Waals surface area contributed by atoms with Crippen LogP contribution in [0.3, 0.4) is 0 Å². The van der Waals surface area contributed by atoms with Gasteiger partial charge in [0.1, 0.15) is 5.01 Å². The number of guanidine groups is 1. The molecule has 2 fully saturated rings. The topological polar surface area (TPSA) is 69.6 Å². The van der Waals surface area contributed by atoms with E-state index in [9.17, 15) is 4.79 Å². The SMILES string of the molecule is CN=C(NCc1nc(C(C)C)c(C)s1)NC1CCN(C(=O)C2CC2)CC1.I. The minimum atomic E-state index is 0. The molecule has 6 nitrogen and oxygen atoms in total. The summed E-state index contributed by atoms with van der Waals surface area (Å²) in [5, 5.41) is 7.98. The van der Waals surface area contributed by atoms with E-state index in [0.29, 0.717) is 30.3 Å². The first-order valence-corrected chi connectivity index (χ1v) is 10.5. The van der Waals surface area contributed by atoms with Crippen molar-refractivity contribution in [3.63, 3.8) is 0 Å². The molecule has 0 aromatic carbocycles. The number of carbonyl (C=O) groups is 1. The first kappa shape index (κ1) is 22.4. The first-order chi connectivity index (χ1) is 12.5. The fraction of sp³-hybridized carbons (Fsp3) is 0.737. The molecule has 1 aliphatic heterocycles. The van der Waals surface area contributed by atoms with Crippen molar-refractivity contribution in [3.05, 3.63) is 15.6 Å². The summed E-state index contributed by atoms with van der Waals surface area (Å²) in [5.41, 5.74) is 1.20. The number of likely N-dealkylation sites (tertiary alicyclic amines) is 1. The Kier molecular flexibility index (Phi) is 8.33. The molecule has 0 atom stereocenters. The van der Waals surface area contributed by atoms with Crippen molar-refractivity contribution in [2.45, 2.75) is 65.0 Å². The smallest absolute Gasteiger partial charge is 0.225 e. The summed E-state index contributed by atoms with van der Waals surface area (Å²) in [7, 11) is 1.80. The molecular formula is C19H32IN5OS. The lowest BCUT2D eigenvalue weighted by molar-refractivity contribution is -0.133. The lowest BCUT2D eigenvalue weighted by atomic mass is 10.0. The van der Waals surface area contributed by atoms with Crippen LogP contribution < -0.4 is 10.6 Å². The van der Waals surface area contributed by atoms with E-state index in [-0.39, 0.29) is 24.0 Å². The number of nitrogens with zero attached hydrogens (tertiary/aromatic N) is 3. The van der Waals surface area contributed by atoms with Crippen LogP contribution in [0.15, 0.2) is 4.99 Å². The second kappa shape index (κ2) is 10.0. The van der Waals surface area contributed by atoms with Crippen molar-refractivity contribution >= 4 is 47.2 Å². The van der Waals surface area contributed by atoms with Gasteiger partial charge in [0.25, 0.3) is 0 Å². The van der Waals surface area contributed by atoms with Crippen molar-refractivity contribution in [2.75, 3.05) is 20.1 Å². The Morgan fingerprint density at radius 3 is 2.48 bits per heavy atom. The van der Waals surface area contributed by atoms with Gasteiger partial charge in [0, 0.05) is 37.0 Å². The highest BCUT2D eigenvalue weighted by Crippen LogP contribution is 2.31. The van der Waals surface area contributed by atoms with Gasteiger partial charge in [-0.05, 0) is 38.5 Å². The van der Waals surface area contributed by atoms with Gasteiger partial charge < -0.3 is 15.5 Å². The molecule has 1 amide bonds. The predicted octanol–water partition coefficient (Wildman–Crippen LogP) is 3.26. The highest BCUT2D eigenvalue weighted by Gasteiger charge is 2.34. The summed E-state index contributed by atoms with van der Waals surface area (Å²) in [4.78, 5) is 24.6. The molecule has 2 aliphatic rings. The number of aliphatic imine (C=N–C) groups is 1. The average Bonchev–Trinajstić information content (AvgIpc) is 3.41. The van der Waals surface area contributed by atoms with Gasteiger partial charge in [-0.25, -0.2) is 4.98 Å². The van der Waals surface area contributed by atoms with Crippen molar-refractivity contribution in [3.8, 4) is 0 Å². The number of amides is 1. The summed E-state index contributed by atoms with van der Waals surface area (Å²) < 4.78 is 0. The predicted molar refractivity (Wildman–Crippen MR) is 122 cm³/mol. The number of nitrogens with one attached hydrogen (secondary N) is 2. The molecule has 1 aliphatic carbocycles. The lowest BCUT2D eigenvalue weighted by Gasteiger charge is -2.33. The van der Waals surface area contributed by atoms with E-state index in [1.165, 1.54) is 10.6 Å². The first-order valence-electron chi connectivity index (χ1n) is 9.70. The van der Waals surface area contributed by atoms with Crippen LogP contribution in [-0.4, -0.2) is 47.9 Å². The normalized spacial score (nSPS) is 18.4. The van der Waals surface area contributed by atoms with E-state index in [0.717, 1.165) is 49.7 Å². The van der Waals surface area contributed by atoms with E-state index in [2.05, 4.69) is 36.4 Å². The van der Waals surface area contributed by atoms with Crippen LogP contribution in [0, 0.1) is 12.8 Å². The zero-order valence-electron chi connectivity index (χ0n) is 16.7. The van der Waals surface area contributed by atoms with Gasteiger partial charge in [0.05, 0.1) is 12.2 Å². The molecule has 0 bridgehead atoms. The molecule has 1 saturated heterocycles. The van der Waals surface area contributed by atoms with E-state index < -0.39 is 0 Å². The van der Waals surface area contributed by atoms with E-state index in [4.69, 9.17) is 4.98 Å². The average molecular weight is 505 g/mol. The number of aryl methyl sites for hydroxylation is 1. The van der Waals surface area contributed by atoms with Gasteiger partial charge in [-0.1, -0.05) is 13.8 Å². The Bertz CT molecular complexity index is 663. The monoisotopic (exact) mass is 505 g/mol. The minimum absolute atomic E-state index is 0. The van der Waals surface area contributed by atoms with Crippen LogP contribution in [0.25, 0.3) is 0 Å². The van der Waals surface area contributed by atoms with Gasteiger partial charge in [0.15, 0.2) is 5.96 Å². The molecular weight excluding hydrogens is 473 g/mol. The third-order valence-corrected chi connectivity index (χ3v) is 6.11. The standard InChI is InChI=1S/C19H31N5OS.HI/c1-12(2)17-13(3)26-16(23-17)11-21-19(20-4)22-15-7-9-24(10-8-15)18(25)14-5-6-14;/h12,14-15H,5-11H2,1-4H3,(H2,20,21,22);1H. The van der Waals surface area contributed by atoms with Crippen molar-refractivity contribution < 1.29 is 4.79 Å². The Morgan fingerprint density at radius 1 is 1.30 bits per heavy atom. The maximum atomic E-state index is 12.1. The molecule has 0 spiro atoms. The second-order valence-electron chi connectivity index (χ2n) is 7.65. The molecule has 152 valence electrons. The number of halogens is 1. The lowest BCUT2D eigenvalue weighted by Crippen LogP contribution is -2.49. The van der Waals surface area contributed by atoms with Crippen molar-refractivity contribution in [2.24, 2.45) is 10.9 Å². The zero-order valence-corrected chi connectivity index (χ0v) is 19.9. The molecule has 2 heterocycles. The Hall–Kier alpha value is -0.900. The van der Waals surface area contributed by atoms with Crippen LogP contribution in [0.2, 0.25) is 0 Å². The third-order valence-electron chi connectivity index (χ3n) is 5.13. The fourth-order valence-electron chi connectivity index (χ4n) is 3.46. The highest BCUT2D eigenvalue weighted by molar-refractivity contribution is 14.0. The van der Waals surface area contributed by atoms with Gasteiger partial charge in [-0.3, -0.25) is 9.79 Å². The molecule has 0 unspecified atom stereocenters. The summed E-state index contributed by atoms with van der Waals surface area (Å²) in [6, 6.07) is 0.369. The van der Waals surface area contributed by atoms with Crippen LogP contribution in [-0.2, 0) is 11.3 Å².